The SMILES string of the molecule is CC(O)c1cc(Cl)cc2[nH]ncc12.CC1(C)CC(c2cc(C(F)(F)F)cc3[nH]ncc23)CCN1S(C)(=O)=O.CNC(=O)N1CCC(c2cc(Cl)cc3[nH]ncc23)CC1.CS(=O)(=O)N1CCN(c2cc(Cl)cc3[nH]ncc23)c2ccccc21.OCCc1cc(Cl)cc2[nH]ncc12. The van der Waals surface area contributed by atoms with Crippen LogP contribution in [0.2, 0.25) is 20.1 Å². The number of carbonyl (C=O) groups excluding carboxylic acids is 1. The van der Waals surface area contributed by atoms with Gasteiger partial charge in [-0.3, -0.25) is 29.8 Å². The quantitative estimate of drug-likeness (QED) is 0.0703. The lowest BCUT2D eigenvalue weighted by molar-refractivity contribution is -0.137. The molecule has 22 nitrogen and oxygen atoms in total. The van der Waals surface area contributed by atoms with Crippen molar-refractivity contribution in [2.45, 2.75) is 82.5 Å². The molecule has 0 spiro atoms. The van der Waals surface area contributed by atoms with Crippen LogP contribution in [0.4, 0.5) is 35.0 Å². The van der Waals surface area contributed by atoms with Gasteiger partial charge in [-0.1, -0.05) is 58.5 Å². The summed E-state index contributed by atoms with van der Waals surface area (Å²) in [6, 6.07) is 24.6. The van der Waals surface area contributed by atoms with E-state index < -0.39 is 43.4 Å². The number of aliphatic hydroxyl groups is 2. The molecule has 3 aliphatic heterocycles. The molecule has 11 aromatic rings. The average molecular weight is 1420 g/mol. The van der Waals surface area contributed by atoms with Crippen LogP contribution in [0.1, 0.15) is 92.2 Å². The predicted octanol–water partition coefficient (Wildman–Crippen LogP) is 13.4. The molecule has 0 aliphatic carbocycles. The number of nitrogens with zero attached hydrogens (tertiary/aromatic N) is 9. The zero-order valence-electron chi connectivity index (χ0n) is 52.4. The van der Waals surface area contributed by atoms with Gasteiger partial charge in [-0.15, -0.1) is 0 Å². The summed E-state index contributed by atoms with van der Waals surface area (Å²) in [5.41, 5.74) is 8.58. The van der Waals surface area contributed by atoms with E-state index in [1.54, 1.807) is 58.5 Å². The van der Waals surface area contributed by atoms with Gasteiger partial charge < -0.3 is 25.3 Å². The molecule has 95 heavy (non-hydrogen) atoms. The lowest BCUT2D eigenvalue weighted by Crippen LogP contribution is -2.51. The van der Waals surface area contributed by atoms with Gasteiger partial charge in [-0.2, -0.15) is 43.0 Å². The number of urea groups is 1. The van der Waals surface area contributed by atoms with Crippen LogP contribution in [0, 0.1) is 0 Å². The Morgan fingerprint density at radius 2 is 1.11 bits per heavy atom. The van der Waals surface area contributed by atoms with Gasteiger partial charge in [-0.05, 0) is 160 Å². The second-order valence-electron chi connectivity index (χ2n) is 24.0. The number of amides is 2. The van der Waals surface area contributed by atoms with Crippen LogP contribution >= 0.6 is 46.4 Å². The number of likely N-dealkylation sites (tertiary alicyclic amines) is 1. The maximum atomic E-state index is 13.2. The third-order valence-electron chi connectivity index (χ3n) is 17.0. The third-order valence-corrected chi connectivity index (χ3v) is 20.5. The minimum absolute atomic E-state index is 0.00278. The fraction of sp³-hybridized carbons (Fsp3) is 0.344. The maximum absolute atomic E-state index is 13.2. The number of fused-ring (bicyclic) bond motifs is 6. The van der Waals surface area contributed by atoms with E-state index in [4.69, 9.17) is 51.5 Å². The highest BCUT2D eigenvalue weighted by molar-refractivity contribution is 7.92. The summed E-state index contributed by atoms with van der Waals surface area (Å²) in [5.74, 6) is 0.255. The van der Waals surface area contributed by atoms with Crippen LogP contribution in [0.3, 0.4) is 0 Å². The van der Waals surface area contributed by atoms with Gasteiger partial charge in [-0.25, -0.2) is 21.6 Å². The topological polar surface area (TPSA) is 294 Å². The molecule has 0 saturated carbocycles. The van der Waals surface area contributed by atoms with E-state index in [2.05, 4.69) is 61.2 Å². The Hall–Kier alpha value is -7.73. The van der Waals surface area contributed by atoms with E-state index in [9.17, 15) is 39.9 Å². The summed E-state index contributed by atoms with van der Waals surface area (Å²) in [6.45, 7) is 8.18. The number of benzene rings is 6. The van der Waals surface area contributed by atoms with E-state index in [1.807, 2.05) is 71.8 Å². The van der Waals surface area contributed by atoms with Crippen LogP contribution in [0.25, 0.3) is 54.5 Å². The first-order valence-corrected chi connectivity index (χ1v) is 35.3. The smallest absolute Gasteiger partial charge is 0.396 e. The number of carbonyl (C=O) groups is 1. The van der Waals surface area contributed by atoms with Gasteiger partial charge in [0.05, 0.1) is 106 Å². The summed E-state index contributed by atoms with van der Waals surface area (Å²) in [7, 11) is -5.02. The summed E-state index contributed by atoms with van der Waals surface area (Å²) in [6.07, 6.45) is 9.42. The van der Waals surface area contributed by atoms with Crippen LogP contribution in [0.5, 0.6) is 0 Å². The van der Waals surface area contributed by atoms with Crippen molar-refractivity contribution in [3.8, 4) is 0 Å². The largest absolute Gasteiger partial charge is 0.416 e. The number of hydrogen-bond donors (Lipinski definition) is 8. The molecule has 8 N–H and O–H groups in total. The first-order chi connectivity index (χ1) is 45.0. The van der Waals surface area contributed by atoms with E-state index in [-0.39, 0.29) is 25.1 Å². The molecular weight excluding hydrogens is 1350 g/mol. The van der Waals surface area contributed by atoms with Gasteiger partial charge in [0.25, 0.3) is 0 Å². The molecule has 2 saturated heterocycles. The van der Waals surface area contributed by atoms with E-state index in [0.717, 1.165) is 109 Å². The van der Waals surface area contributed by atoms with Gasteiger partial charge in [0, 0.05) is 92.4 Å². The van der Waals surface area contributed by atoms with Crippen molar-refractivity contribution in [2.75, 3.05) is 68.1 Å². The van der Waals surface area contributed by atoms with Crippen molar-refractivity contribution < 1.29 is 45.0 Å². The highest BCUT2D eigenvalue weighted by atomic mass is 35.5. The summed E-state index contributed by atoms with van der Waals surface area (Å²) < 4.78 is 90.6. The van der Waals surface area contributed by atoms with E-state index in [0.29, 0.717) is 75.5 Å². The van der Waals surface area contributed by atoms with E-state index >= 15 is 0 Å². The average Bonchev–Trinajstić information content (AvgIpc) is 1.28. The highest BCUT2D eigenvalue weighted by Crippen LogP contribution is 2.45. The number of nitrogens with one attached hydrogen (secondary N) is 6. The Kier molecular flexibility index (Phi) is 21.3. The summed E-state index contributed by atoms with van der Waals surface area (Å²) >= 11 is 24.2. The lowest BCUT2D eigenvalue weighted by Gasteiger charge is -2.44. The minimum atomic E-state index is -4.45. The highest BCUT2D eigenvalue weighted by Gasteiger charge is 2.42. The zero-order chi connectivity index (χ0) is 68.3. The van der Waals surface area contributed by atoms with Gasteiger partial charge in [0.15, 0.2) is 0 Å². The molecule has 3 aliphatic rings. The normalized spacial score (nSPS) is 16.5. The van der Waals surface area contributed by atoms with Crippen LogP contribution in [-0.4, -0.2) is 158 Å². The molecule has 14 rings (SSSR count). The third kappa shape index (κ3) is 16.1. The molecule has 5 aromatic heterocycles. The molecule has 6 aromatic carbocycles. The lowest BCUT2D eigenvalue weighted by atomic mass is 9.79. The Labute approximate surface area is 565 Å². The molecule has 0 radical (unpaired) electrons. The molecule has 2 amide bonds. The Morgan fingerprint density at radius 3 is 1.65 bits per heavy atom. The molecule has 2 unspecified atom stereocenters. The number of piperidine rings is 2. The number of para-hydroxylation sites is 2. The molecular formula is C64H70Cl4F3N15O7S2. The maximum Gasteiger partial charge on any atom is 0.416 e. The number of aromatic nitrogens is 10. The Morgan fingerprint density at radius 1 is 0.621 bits per heavy atom. The number of halogens is 7. The number of aliphatic hydroxyl groups excluding tert-OH is 2. The summed E-state index contributed by atoms with van der Waals surface area (Å²) in [5, 5.41) is 62.3. The number of H-pyrrole nitrogens is 5. The van der Waals surface area contributed by atoms with Crippen molar-refractivity contribution in [2.24, 2.45) is 0 Å². The van der Waals surface area contributed by atoms with Crippen molar-refractivity contribution in [1.82, 2.24) is 65.5 Å². The molecule has 31 heteroatoms. The van der Waals surface area contributed by atoms with Gasteiger partial charge in [0.2, 0.25) is 20.0 Å². The van der Waals surface area contributed by atoms with Crippen molar-refractivity contribution in [3.05, 3.63) is 164 Å². The number of hydrogen-bond acceptors (Lipinski definition) is 13. The van der Waals surface area contributed by atoms with Gasteiger partial charge in [0.1, 0.15) is 0 Å². The summed E-state index contributed by atoms with van der Waals surface area (Å²) in [4.78, 5) is 15.6. The van der Waals surface area contributed by atoms with Crippen molar-refractivity contribution in [3.63, 3.8) is 0 Å². The van der Waals surface area contributed by atoms with Gasteiger partial charge >= 0.3 is 12.2 Å². The molecule has 504 valence electrons. The van der Waals surface area contributed by atoms with E-state index in [1.165, 1.54) is 32.7 Å². The molecule has 8 heterocycles. The first kappa shape index (κ1) is 70.1. The Balaban J connectivity index is 0.000000132. The number of alkyl halides is 3. The second kappa shape index (κ2) is 28.9. The number of rotatable bonds is 8. The fourth-order valence-electron chi connectivity index (χ4n) is 12.7. The standard InChI is InChI=1S/C16H15ClN4O2S.C16H20F3N3O2S.C14H17ClN4O.2C9H9ClN2O/c1-24(22,23)21-7-6-20(14-4-2-3-5-15(14)21)16-9-11(17)8-13-12(16)10-18-19-13;1-15(2)8-10(4-5-22(15)25(3,23)24)12-6-11(16(17,18)19)7-14-13(12)9-20-21-14;1-16-14(20)19-4-2-9(3-5-19)11-6-10(15)7-13-12(11)8-17-18-13;1-5(13)7-2-6(10)3-9-8(7)4-11-12-9;10-7-3-6(1-2-13)8-5-11-12-9(8)4-7/h2-5,8-10H,6-7H2,1H3,(H,18,19);6-7,9-10H,4-5,8H2,1-3H3,(H,20,21);6-9H,2-5H2,1H3,(H,16,20)(H,17,18);2-5,13H,1H3,(H,11,12);3-5,13H,1-2H2,(H,11,12). The first-order valence-electron chi connectivity index (χ1n) is 30.1. The molecule has 0 bridgehead atoms. The Bertz CT molecular complexity index is 4780. The predicted molar refractivity (Wildman–Crippen MR) is 368 cm³/mol. The molecule has 2 atom stereocenters. The van der Waals surface area contributed by atoms with Crippen LogP contribution in [0.15, 0.2) is 116 Å². The fourth-order valence-corrected chi connectivity index (χ4v) is 16.0. The van der Waals surface area contributed by atoms with Crippen molar-refractivity contribution >= 4 is 144 Å². The number of anilines is 3. The minimum Gasteiger partial charge on any atom is -0.396 e. The van der Waals surface area contributed by atoms with Crippen LogP contribution < -0.4 is 14.5 Å². The number of sulfonamides is 2. The number of aromatic amines is 5. The van der Waals surface area contributed by atoms with Crippen molar-refractivity contribution in [1.29, 1.82) is 0 Å². The zero-order valence-corrected chi connectivity index (χ0v) is 57.1. The monoisotopic (exact) mass is 1420 g/mol. The second-order valence-corrected chi connectivity index (χ2v) is 29.5. The molecule has 2 fully saturated rings. The van der Waals surface area contributed by atoms with Crippen LogP contribution in [-0.2, 0) is 32.6 Å².